The molecule has 2 fully saturated rings. The fourth-order valence-electron chi connectivity index (χ4n) is 4.65. The van der Waals surface area contributed by atoms with Crippen molar-refractivity contribution in [3.63, 3.8) is 0 Å². The fraction of sp³-hybridized carbons (Fsp3) is 0.450. The lowest BCUT2D eigenvalue weighted by Gasteiger charge is -2.37. The van der Waals surface area contributed by atoms with E-state index < -0.39 is 0 Å². The van der Waals surface area contributed by atoms with Crippen LogP contribution in [-0.2, 0) is 0 Å². The maximum absolute atomic E-state index is 13.2. The van der Waals surface area contributed by atoms with E-state index in [0.29, 0.717) is 28.7 Å². The third kappa shape index (κ3) is 2.71. The Labute approximate surface area is 161 Å². The van der Waals surface area contributed by atoms with Gasteiger partial charge in [0.05, 0.1) is 5.69 Å². The molecule has 0 spiro atoms. The highest BCUT2D eigenvalue weighted by Gasteiger charge is 2.46. The Bertz CT molecular complexity index is 979. The van der Waals surface area contributed by atoms with Crippen molar-refractivity contribution in [2.75, 3.05) is 0 Å². The molecule has 0 N–H and O–H groups in total. The van der Waals surface area contributed by atoms with Crippen LogP contribution < -0.4 is 0 Å². The van der Waals surface area contributed by atoms with Crippen LogP contribution >= 0.6 is 0 Å². The van der Waals surface area contributed by atoms with Crippen LogP contribution in [0.15, 0.2) is 33.6 Å². The number of carbonyl (C=O) groups is 1. The highest BCUT2D eigenvalue weighted by atomic mass is 16.5. The van der Waals surface area contributed by atoms with Gasteiger partial charge in [-0.3, -0.25) is 9.78 Å². The van der Waals surface area contributed by atoms with Gasteiger partial charge in [0.25, 0.3) is 5.91 Å². The lowest BCUT2D eigenvalue weighted by Crippen LogP contribution is -2.46. The SMILES string of the molecule is Cc1noc(C)c1C(=O)N1[C@@H]2CC[C@H]1CC(c1nc(-c3ccncc3)no1)C2. The van der Waals surface area contributed by atoms with Gasteiger partial charge in [0.15, 0.2) is 0 Å². The summed E-state index contributed by atoms with van der Waals surface area (Å²) in [6, 6.07) is 4.09. The van der Waals surface area contributed by atoms with Gasteiger partial charge in [0.1, 0.15) is 11.3 Å². The van der Waals surface area contributed by atoms with Gasteiger partial charge >= 0.3 is 0 Å². The number of aromatic nitrogens is 4. The minimum atomic E-state index is 0.0326. The molecule has 2 saturated heterocycles. The summed E-state index contributed by atoms with van der Waals surface area (Å²) in [5.41, 5.74) is 2.15. The van der Waals surface area contributed by atoms with Crippen LogP contribution in [-0.4, -0.2) is 43.2 Å². The summed E-state index contributed by atoms with van der Waals surface area (Å²) in [4.78, 5) is 23.8. The minimum absolute atomic E-state index is 0.0326. The highest BCUT2D eigenvalue weighted by molar-refractivity contribution is 5.96. The van der Waals surface area contributed by atoms with Gasteiger partial charge in [-0.05, 0) is 51.7 Å². The van der Waals surface area contributed by atoms with Crippen molar-refractivity contribution in [2.24, 2.45) is 0 Å². The summed E-state index contributed by atoms with van der Waals surface area (Å²) in [5.74, 6) is 2.04. The molecular weight excluding hydrogens is 358 g/mol. The summed E-state index contributed by atoms with van der Waals surface area (Å²) in [7, 11) is 0. The van der Waals surface area contributed by atoms with Crippen molar-refractivity contribution in [1.29, 1.82) is 0 Å². The van der Waals surface area contributed by atoms with Crippen LogP contribution in [0.4, 0.5) is 0 Å². The van der Waals surface area contributed by atoms with Crippen molar-refractivity contribution in [1.82, 2.24) is 25.2 Å². The topological polar surface area (TPSA) is 98.2 Å². The average Bonchev–Trinajstić information content (AvgIpc) is 3.39. The molecule has 2 aliphatic rings. The van der Waals surface area contributed by atoms with Crippen LogP contribution in [0.25, 0.3) is 11.4 Å². The summed E-state index contributed by atoms with van der Waals surface area (Å²) in [6.07, 6.45) is 7.10. The number of aryl methyl sites for hydroxylation is 2. The van der Waals surface area contributed by atoms with Crippen molar-refractivity contribution < 1.29 is 13.8 Å². The predicted octanol–water partition coefficient (Wildman–Crippen LogP) is 3.29. The molecule has 0 saturated carbocycles. The van der Waals surface area contributed by atoms with E-state index in [4.69, 9.17) is 9.05 Å². The molecule has 3 aromatic rings. The van der Waals surface area contributed by atoms with E-state index in [1.165, 1.54) is 0 Å². The van der Waals surface area contributed by atoms with Crippen molar-refractivity contribution in [3.8, 4) is 11.4 Å². The molecular formula is C20H21N5O3. The number of hydrogen-bond acceptors (Lipinski definition) is 7. The number of rotatable bonds is 3. The van der Waals surface area contributed by atoms with Gasteiger partial charge in [-0.1, -0.05) is 10.3 Å². The maximum atomic E-state index is 13.2. The predicted molar refractivity (Wildman–Crippen MR) is 98.5 cm³/mol. The van der Waals surface area contributed by atoms with Crippen LogP contribution in [0.2, 0.25) is 0 Å². The quantitative estimate of drug-likeness (QED) is 0.688. The zero-order valence-electron chi connectivity index (χ0n) is 15.8. The maximum Gasteiger partial charge on any atom is 0.259 e. The van der Waals surface area contributed by atoms with Crippen LogP contribution in [0.5, 0.6) is 0 Å². The van der Waals surface area contributed by atoms with E-state index >= 15 is 0 Å². The smallest absolute Gasteiger partial charge is 0.259 e. The third-order valence-corrected chi connectivity index (χ3v) is 5.94. The van der Waals surface area contributed by atoms with Crippen LogP contribution in [0.3, 0.4) is 0 Å². The van der Waals surface area contributed by atoms with Gasteiger partial charge in [-0.25, -0.2) is 0 Å². The fourth-order valence-corrected chi connectivity index (χ4v) is 4.65. The zero-order valence-corrected chi connectivity index (χ0v) is 15.8. The summed E-state index contributed by atoms with van der Waals surface area (Å²) in [5, 5.41) is 8.07. The van der Waals surface area contributed by atoms with Crippen molar-refractivity contribution >= 4 is 5.91 Å². The molecule has 8 heteroatoms. The Morgan fingerprint density at radius 1 is 1.07 bits per heavy atom. The second-order valence-corrected chi connectivity index (χ2v) is 7.66. The summed E-state index contributed by atoms with van der Waals surface area (Å²) >= 11 is 0. The van der Waals surface area contributed by atoms with E-state index in [1.807, 2.05) is 24.0 Å². The molecule has 0 aliphatic carbocycles. The first kappa shape index (κ1) is 17.1. The molecule has 1 amide bonds. The van der Waals surface area contributed by atoms with Crippen molar-refractivity contribution in [2.45, 2.75) is 57.5 Å². The standard InChI is InChI=1S/C20H21N5O3/c1-11-17(12(2)27-23-11)20(26)25-15-3-4-16(25)10-14(9-15)19-22-18(24-28-19)13-5-7-21-8-6-13/h5-8,14-16H,3-4,9-10H2,1-2H3/t14?,15-,16+. The Kier molecular flexibility index (Phi) is 3.99. The normalized spacial score (nSPS) is 23.9. The molecule has 0 aromatic carbocycles. The van der Waals surface area contributed by atoms with Crippen LogP contribution in [0, 0.1) is 13.8 Å². The van der Waals surface area contributed by atoms with E-state index in [2.05, 4.69) is 20.3 Å². The van der Waals surface area contributed by atoms with Gasteiger partial charge < -0.3 is 13.9 Å². The third-order valence-electron chi connectivity index (χ3n) is 5.94. The number of pyridine rings is 1. The first-order chi connectivity index (χ1) is 13.6. The first-order valence-electron chi connectivity index (χ1n) is 9.61. The Morgan fingerprint density at radius 2 is 1.79 bits per heavy atom. The number of hydrogen-bond donors (Lipinski definition) is 0. The minimum Gasteiger partial charge on any atom is -0.361 e. The molecule has 28 heavy (non-hydrogen) atoms. The molecule has 5 rings (SSSR count). The van der Waals surface area contributed by atoms with E-state index in [1.54, 1.807) is 19.3 Å². The highest BCUT2D eigenvalue weighted by Crippen LogP contribution is 2.43. The second-order valence-electron chi connectivity index (χ2n) is 7.66. The van der Waals surface area contributed by atoms with Gasteiger partial charge in [0, 0.05) is 36.0 Å². The van der Waals surface area contributed by atoms with E-state index in [0.717, 1.165) is 31.2 Å². The molecule has 1 unspecified atom stereocenters. The molecule has 2 aliphatic heterocycles. The number of nitrogens with zero attached hydrogens (tertiary/aromatic N) is 5. The molecule has 3 atom stereocenters. The lowest BCUT2D eigenvalue weighted by atomic mass is 9.90. The number of amides is 1. The molecule has 5 heterocycles. The number of carbonyl (C=O) groups excluding carboxylic acids is 1. The zero-order chi connectivity index (χ0) is 19.3. The van der Waals surface area contributed by atoms with E-state index in [-0.39, 0.29) is 23.9 Å². The first-order valence-corrected chi connectivity index (χ1v) is 9.61. The monoisotopic (exact) mass is 379 g/mol. The number of piperidine rings is 1. The van der Waals surface area contributed by atoms with E-state index in [9.17, 15) is 4.79 Å². The molecule has 0 radical (unpaired) electrons. The number of fused-ring (bicyclic) bond motifs is 2. The van der Waals surface area contributed by atoms with Gasteiger partial charge in [0.2, 0.25) is 11.7 Å². The summed E-state index contributed by atoms with van der Waals surface area (Å²) < 4.78 is 10.8. The molecule has 3 aromatic heterocycles. The summed E-state index contributed by atoms with van der Waals surface area (Å²) in [6.45, 7) is 3.61. The lowest BCUT2D eigenvalue weighted by molar-refractivity contribution is 0.0552. The average molecular weight is 379 g/mol. The van der Waals surface area contributed by atoms with Gasteiger partial charge in [-0.15, -0.1) is 0 Å². The largest absolute Gasteiger partial charge is 0.361 e. The Hall–Kier alpha value is -3.03. The van der Waals surface area contributed by atoms with Crippen LogP contribution in [0.1, 0.15) is 59.3 Å². The Morgan fingerprint density at radius 3 is 2.43 bits per heavy atom. The second kappa shape index (κ2) is 6.54. The van der Waals surface area contributed by atoms with Crippen molar-refractivity contribution in [3.05, 3.63) is 47.4 Å². The van der Waals surface area contributed by atoms with Gasteiger partial charge in [-0.2, -0.15) is 4.98 Å². The molecule has 8 nitrogen and oxygen atoms in total. The molecule has 144 valence electrons. The molecule has 2 bridgehead atoms. The Balaban J connectivity index is 1.36.